The van der Waals surface area contributed by atoms with E-state index in [4.69, 9.17) is 4.74 Å². The summed E-state index contributed by atoms with van der Waals surface area (Å²) >= 11 is 1.95. The molecule has 1 saturated heterocycles. The Labute approximate surface area is 185 Å². The SMILES string of the molecule is CN=C(NCC1(SC)CCOCC1)NC(C)c1ccc2c(c1)CCCC2.I. The highest BCUT2D eigenvalue weighted by molar-refractivity contribution is 14.0. The average molecular weight is 503 g/mol. The van der Waals surface area contributed by atoms with Gasteiger partial charge in [0.1, 0.15) is 0 Å². The van der Waals surface area contributed by atoms with Gasteiger partial charge in [0.15, 0.2) is 5.96 Å². The van der Waals surface area contributed by atoms with Gasteiger partial charge in [0.25, 0.3) is 0 Å². The first-order valence-corrected chi connectivity index (χ1v) is 11.1. The summed E-state index contributed by atoms with van der Waals surface area (Å²) in [6.07, 6.45) is 9.51. The number of aryl methyl sites for hydroxylation is 2. The zero-order chi connectivity index (χ0) is 18.4. The Balaban J connectivity index is 0.00000261. The van der Waals surface area contributed by atoms with Crippen molar-refractivity contribution in [1.82, 2.24) is 10.6 Å². The molecular weight excluding hydrogens is 469 g/mol. The van der Waals surface area contributed by atoms with Gasteiger partial charge in [-0.05, 0) is 68.4 Å². The van der Waals surface area contributed by atoms with Gasteiger partial charge < -0.3 is 15.4 Å². The molecule has 1 aromatic carbocycles. The van der Waals surface area contributed by atoms with E-state index in [0.717, 1.165) is 38.6 Å². The largest absolute Gasteiger partial charge is 0.381 e. The minimum absolute atomic E-state index is 0. The van der Waals surface area contributed by atoms with Crippen LogP contribution in [0.25, 0.3) is 0 Å². The molecule has 1 fully saturated rings. The van der Waals surface area contributed by atoms with E-state index >= 15 is 0 Å². The Morgan fingerprint density at radius 3 is 2.59 bits per heavy atom. The smallest absolute Gasteiger partial charge is 0.191 e. The van der Waals surface area contributed by atoms with Crippen LogP contribution in [0.4, 0.5) is 0 Å². The Hall–Kier alpha value is -0.470. The maximum atomic E-state index is 5.54. The maximum absolute atomic E-state index is 5.54. The molecule has 4 nitrogen and oxygen atoms in total. The van der Waals surface area contributed by atoms with Crippen LogP contribution >= 0.6 is 35.7 Å². The predicted octanol–water partition coefficient (Wildman–Crippen LogP) is 4.32. The number of hydrogen-bond donors (Lipinski definition) is 2. The second-order valence-electron chi connectivity index (χ2n) is 7.53. The van der Waals surface area contributed by atoms with E-state index in [1.54, 1.807) is 0 Å². The van der Waals surface area contributed by atoms with Crippen LogP contribution in [0.2, 0.25) is 0 Å². The third-order valence-electron chi connectivity index (χ3n) is 5.86. The van der Waals surface area contributed by atoms with Gasteiger partial charge >= 0.3 is 0 Å². The van der Waals surface area contributed by atoms with Crippen molar-refractivity contribution in [1.29, 1.82) is 0 Å². The zero-order valence-electron chi connectivity index (χ0n) is 16.8. The molecule has 1 atom stereocenters. The normalized spacial score (nSPS) is 20.2. The van der Waals surface area contributed by atoms with Crippen molar-refractivity contribution >= 4 is 41.7 Å². The number of benzene rings is 1. The number of aliphatic imine (C=N–C) groups is 1. The lowest BCUT2D eigenvalue weighted by Gasteiger charge is -2.36. The average Bonchev–Trinajstić information content (AvgIpc) is 2.71. The van der Waals surface area contributed by atoms with E-state index in [0.29, 0.717) is 0 Å². The number of ether oxygens (including phenoxy) is 1. The third kappa shape index (κ3) is 6.00. The lowest BCUT2D eigenvalue weighted by atomic mass is 9.89. The number of nitrogens with one attached hydrogen (secondary N) is 2. The lowest BCUT2D eigenvalue weighted by molar-refractivity contribution is 0.0782. The molecule has 0 amide bonds. The number of halogens is 1. The molecule has 0 saturated carbocycles. The molecule has 2 N–H and O–H groups in total. The monoisotopic (exact) mass is 503 g/mol. The van der Waals surface area contributed by atoms with E-state index < -0.39 is 0 Å². The number of hydrogen-bond acceptors (Lipinski definition) is 3. The highest BCUT2D eigenvalue weighted by Gasteiger charge is 2.31. The molecule has 0 bridgehead atoms. The first kappa shape index (κ1) is 22.8. The number of guanidine groups is 1. The van der Waals surface area contributed by atoms with Crippen LogP contribution < -0.4 is 10.6 Å². The Kier molecular flexibility index (Phi) is 9.22. The first-order valence-electron chi connectivity index (χ1n) is 9.87. The summed E-state index contributed by atoms with van der Waals surface area (Å²) in [6, 6.07) is 7.23. The summed E-state index contributed by atoms with van der Waals surface area (Å²) < 4.78 is 5.80. The minimum Gasteiger partial charge on any atom is -0.381 e. The van der Waals surface area contributed by atoms with Crippen molar-refractivity contribution in [3.8, 4) is 0 Å². The van der Waals surface area contributed by atoms with Crippen LogP contribution in [0.1, 0.15) is 55.3 Å². The van der Waals surface area contributed by atoms with Crippen LogP contribution in [0.15, 0.2) is 23.2 Å². The van der Waals surface area contributed by atoms with Gasteiger partial charge in [0.2, 0.25) is 0 Å². The summed E-state index contributed by atoms with van der Waals surface area (Å²) in [5.41, 5.74) is 4.42. The number of fused-ring (bicyclic) bond motifs is 1. The van der Waals surface area contributed by atoms with E-state index in [1.165, 1.54) is 42.4 Å². The highest BCUT2D eigenvalue weighted by atomic mass is 127. The maximum Gasteiger partial charge on any atom is 0.191 e. The number of thioether (sulfide) groups is 1. The number of rotatable bonds is 5. The van der Waals surface area contributed by atoms with Gasteiger partial charge in [-0.2, -0.15) is 11.8 Å². The first-order chi connectivity index (χ1) is 12.7. The Bertz CT molecular complexity index is 632. The Morgan fingerprint density at radius 1 is 1.22 bits per heavy atom. The summed E-state index contributed by atoms with van der Waals surface area (Å²) in [5, 5.41) is 7.13. The molecule has 1 aliphatic heterocycles. The van der Waals surface area contributed by atoms with Crippen molar-refractivity contribution in [3.05, 3.63) is 34.9 Å². The predicted molar refractivity (Wildman–Crippen MR) is 128 cm³/mol. The van der Waals surface area contributed by atoms with Gasteiger partial charge in [-0.3, -0.25) is 4.99 Å². The molecule has 0 spiro atoms. The molecule has 1 aromatic rings. The van der Waals surface area contributed by atoms with Crippen LogP contribution in [-0.2, 0) is 17.6 Å². The lowest BCUT2D eigenvalue weighted by Crippen LogP contribution is -2.48. The molecule has 1 heterocycles. The second kappa shape index (κ2) is 10.9. The van der Waals surface area contributed by atoms with Gasteiger partial charge in [0.05, 0.1) is 6.04 Å². The van der Waals surface area contributed by atoms with Crippen LogP contribution in [-0.4, -0.2) is 43.8 Å². The van der Waals surface area contributed by atoms with Crippen molar-refractivity contribution in [2.24, 2.45) is 4.99 Å². The standard InChI is InChI=1S/C21H33N3OS.HI/c1-16(18-9-8-17-6-4-5-7-19(17)14-18)24-20(22-2)23-15-21(26-3)10-12-25-13-11-21;/h8-9,14,16H,4-7,10-13,15H2,1-3H3,(H2,22,23,24);1H. The summed E-state index contributed by atoms with van der Waals surface area (Å²) in [6.45, 7) is 4.87. The third-order valence-corrected chi connectivity index (χ3v) is 7.28. The van der Waals surface area contributed by atoms with Gasteiger partial charge in [0, 0.05) is 31.6 Å². The van der Waals surface area contributed by atoms with Crippen LogP contribution in [0, 0.1) is 0 Å². The fourth-order valence-electron chi connectivity index (χ4n) is 3.95. The fraction of sp³-hybridized carbons (Fsp3) is 0.667. The van der Waals surface area contributed by atoms with Crippen LogP contribution in [0.5, 0.6) is 0 Å². The molecule has 0 radical (unpaired) electrons. The van der Waals surface area contributed by atoms with Crippen molar-refractivity contribution in [3.63, 3.8) is 0 Å². The molecular formula is C21H34IN3OS. The Morgan fingerprint density at radius 2 is 1.93 bits per heavy atom. The van der Waals surface area contributed by atoms with E-state index in [-0.39, 0.29) is 34.8 Å². The summed E-state index contributed by atoms with van der Waals surface area (Å²) in [4.78, 5) is 4.44. The van der Waals surface area contributed by atoms with Gasteiger partial charge in [-0.25, -0.2) is 0 Å². The van der Waals surface area contributed by atoms with Gasteiger partial charge in [-0.1, -0.05) is 18.2 Å². The van der Waals surface area contributed by atoms with Crippen LogP contribution in [0.3, 0.4) is 0 Å². The molecule has 1 aliphatic carbocycles. The van der Waals surface area contributed by atoms with Crippen molar-refractivity contribution in [2.75, 3.05) is 33.1 Å². The molecule has 2 aliphatic rings. The van der Waals surface area contributed by atoms with Gasteiger partial charge in [-0.15, -0.1) is 24.0 Å². The minimum atomic E-state index is 0. The molecule has 1 unspecified atom stereocenters. The van der Waals surface area contributed by atoms with Crippen molar-refractivity contribution < 1.29 is 4.74 Å². The van der Waals surface area contributed by atoms with E-state index in [2.05, 4.69) is 47.0 Å². The fourth-order valence-corrected chi connectivity index (χ4v) is 4.74. The van der Waals surface area contributed by atoms with Crippen molar-refractivity contribution in [2.45, 2.75) is 56.2 Å². The topological polar surface area (TPSA) is 45.7 Å². The molecule has 6 heteroatoms. The summed E-state index contributed by atoms with van der Waals surface area (Å²) in [7, 11) is 1.85. The molecule has 3 rings (SSSR count). The zero-order valence-corrected chi connectivity index (χ0v) is 20.0. The molecule has 0 aromatic heterocycles. The molecule has 152 valence electrons. The highest BCUT2D eigenvalue weighted by Crippen LogP contribution is 2.33. The number of nitrogens with zero attached hydrogens (tertiary/aromatic N) is 1. The molecule has 27 heavy (non-hydrogen) atoms. The quantitative estimate of drug-likeness (QED) is 0.357. The second-order valence-corrected chi connectivity index (χ2v) is 8.80. The van der Waals surface area contributed by atoms with E-state index in [9.17, 15) is 0 Å². The van der Waals surface area contributed by atoms with E-state index in [1.807, 2.05) is 18.8 Å². The summed E-state index contributed by atoms with van der Waals surface area (Å²) in [5.74, 6) is 0.884.